The van der Waals surface area contributed by atoms with Crippen molar-refractivity contribution in [3.8, 4) is 6.07 Å². The summed E-state index contributed by atoms with van der Waals surface area (Å²) in [4.78, 5) is 1.22. The number of nitrogens with two attached hydrogens (primary N) is 1. The van der Waals surface area contributed by atoms with Gasteiger partial charge < -0.3 is 11.1 Å². The molecule has 0 amide bonds. The normalized spacial score (nSPS) is 11.3. The monoisotopic (exact) mass is 309 g/mol. The minimum atomic E-state index is -4.09. The van der Waals surface area contributed by atoms with Gasteiger partial charge in [0.2, 0.25) is 0 Å². The Morgan fingerprint density at radius 3 is 2.63 bits per heavy atom. The zero-order valence-electron chi connectivity index (χ0n) is 10.3. The molecule has 0 aliphatic rings. The van der Waals surface area contributed by atoms with Crippen molar-refractivity contribution in [2.24, 2.45) is 0 Å². The van der Waals surface area contributed by atoms with Crippen LogP contribution in [0.1, 0.15) is 24.1 Å². The lowest BCUT2D eigenvalue weighted by molar-refractivity contribution is -0.135. The Kier molecular flexibility index (Phi) is 5.82. The number of nitrogens with zero attached hydrogens (tertiary/aromatic N) is 1. The van der Waals surface area contributed by atoms with E-state index in [1.807, 2.05) is 12.3 Å². The Balaban J connectivity index is 2.48. The Labute approximate surface area is 118 Å². The van der Waals surface area contributed by atoms with Gasteiger partial charge in [0.05, 0.1) is 10.6 Å². The number of nitrogen functional groups attached to an aromatic ring is 1. The number of hydrogen-bond donors (Lipinski definition) is 2. The molecule has 0 fully saturated rings. The van der Waals surface area contributed by atoms with E-state index in [0.29, 0.717) is 23.5 Å². The second kappa shape index (κ2) is 6.91. The van der Waals surface area contributed by atoms with E-state index in [1.54, 1.807) is 0 Å². The molecule has 8 heteroatoms. The summed E-state index contributed by atoms with van der Waals surface area (Å²) in [5.41, 5.74) is 6.23. The summed E-state index contributed by atoms with van der Waals surface area (Å²) in [6.45, 7) is 0.439. The van der Waals surface area contributed by atoms with E-state index in [4.69, 9.17) is 11.0 Å². The molecule has 0 radical (unpaired) electrons. The quantitative estimate of drug-likeness (QED) is 0.614. The topological polar surface area (TPSA) is 61.8 Å². The van der Waals surface area contributed by atoms with Crippen LogP contribution in [0.5, 0.6) is 0 Å². The van der Waals surface area contributed by atoms with Crippen LogP contribution in [0.25, 0.3) is 0 Å². The molecule has 0 bridgehead atoms. The standard InChI is InChI=1S/C11H14F3N3S2/c1-18-9-8(16)7(6-15)19-10(9)17-5-3-2-4-11(12,13)14/h17H,2-5,16H2,1H3. The number of nitriles is 1. The third-order valence-corrected chi connectivity index (χ3v) is 4.41. The number of anilines is 2. The first-order valence-electron chi connectivity index (χ1n) is 5.56. The highest BCUT2D eigenvalue weighted by atomic mass is 32.2. The molecule has 0 atom stereocenters. The molecule has 0 saturated heterocycles. The summed E-state index contributed by atoms with van der Waals surface area (Å²) in [5, 5.41) is 12.7. The van der Waals surface area contributed by atoms with Crippen molar-refractivity contribution in [1.29, 1.82) is 5.26 Å². The van der Waals surface area contributed by atoms with E-state index >= 15 is 0 Å². The second-order valence-electron chi connectivity index (χ2n) is 3.82. The summed E-state index contributed by atoms with van der Waals surface area (Å²) >= 11 is 2.65. The molecule has 3 nitrogen and oxygen atoms in total. The molecule has 0 saturated carbocycles. The van der Waals surface area contributed by atoms with Crippen LogP contribution in [0.4, 0.5) is 23.9 Å². The zero-order chi connectivity index (χ0) is 14.5. The van der Waals surface area contributed by atoms with E-state index in [1.165, 1.54) is 23.1 Å². The maximum absolute atomic E-state index is 12.0. The largest absolute Gasteiger partial charge is 0.396 e. The molecule has 1 aromatic heterocycles. The van der Waals surface area contributed by atoms with Gasteiger partial charge in [0.15, 0.2) is 0 Å². The van der Waals surface area contributed by atoms with Crippen LogP contribution in [0.15, 0.2) is 4.90 Å². The minimum Gasteiger partial charge on any atom is -0.396 e. The van der Waals surface area contributed by atoms with Crippen LogP contribution in [0.3, 0.4) is 0 Å². The average molecular weight is 309 g/mol. The lowest BCUT2D eigenvalue weighted by Crippen LogP contribution is -2.08. The molecule has 0 spiro atoms. The molecule has 1 aromatic rings. The molecule has 0 aliphatic carbocycles. The van der Waals surface area contributed by atoms with E-state index in [-0.39, 0.29) is 6.42 Å². The van der Waals surface area contributed by atoms with Crippen LogP contribution in [-0.2, 0) is 0 Å². The summed E-state index contributed by atoms with van der Waals surface area (Å²) in [6, 6.07) is 2.00. The molecule has 19 heavy (non-hydrogen) atoms. The minimum absolute atomic E-state index is 0.0943. The van der Waals surface area contributed by atoms with Gasteiger partial charge >= 0.3 is 6.18 Å². The molecule has 0 aromatic carbocycles. The summed E-state index contributed by atoms with van der Waals surface area (Å²) < 4.78 is 35.9. The number of thioether (sulfide) groups is 1. The predicted molar refractivity (Wildman–Crippen MR) is 73.6 cm³/mol. The molecular formula is C11H14F3N3S2. The fraction of sp³-hybridized carbons (Fsp3) is 0.545. The van der Waals surface area contributed by atoms with Gasteiger partial charge in [0.1, 0.15) is 15.9 Å². The predicted octanol–water partition coefficient (Wildman–Crippen LogP) is 4.07. The van der Waals surface area contributed by atoms with Crippen molar-refractivity contribution >= 4 is 33.8 Å². The van der Waals surface area contributed by atoms with Gasteiger partial charge in [0, 0.05) is 13.0 Å². The lowest BCUT2D eigenvalue weighted by atomic mass is 10.2. The first-order chi connectivity index (χ1) is 8.89. The van der Waals surface area contributed by atoms with Crippen molar-refractivity contribution in [3.05, 3.63) is 4.88 Å². The molecular weight excluding hydrogens is 295 g/mol. The molecule has 0 aliphatic heterocycles. The smallest absolute Gasteiger partial charge is 0.389 e. The van der Waals surface area contributed by atoms with Crippen molar-refractivity contribution in [3.63, 3.8) is 0 Å². The van der Waals surface area contributed by atoms with Crippen LogP contribution < -0.4 is 11.1 Å². The highest BCUT2D eigenvalue weighted by Crippen LogP contribution is 2.41. The molecule has 1 rings (SSSR count). The third kappa shape index (κ3) is 4.84. The first-order valence-corrected chi connectivity index (χ1v) is 7.60. The van der Waals surface area contributed by atoms with Crippen LogP contribution >= 0.6 is 23.1 Å². The molecule has 3 N–H and O–H groups in total. The zero-order valence-corrected chi connectivity index (χ0v) is 11.9. The Bertz CT molecular complexity index is 463. The van der Waals surface area contributed by atoms with Gasteiger partial charge in [-0.3, -0.25) is 0 Å². The number of rotatable bonds is 6. The number of nitrogens with one attached hydrogen (secondary N) is 1. The van der Waals surface area contributed by atoms with Crippen LogP contribution in [0, 0.1) is 11.3 Å². The van der Waals surface area contributed by atoms with Crippen molar-refractivity contribution in [2.75, 3.05) is 23.9 Å². The van der Waals surface area contributed by atoms with Gasteiger partial charge in [-0.25, -0.2) is 0 Å². The summed E-state index contributed by atoms with van der Waals surface area (Å²) in [7, 11) is 0. The van der Waals surface area contributed by atoms with E-state index < -0.39 is 12.6 Å². The Hall–Kier alpha value is -1.07. The van der Waals surface area contributed by atoms with Crippen molar-refractivity contribution in [2.45, 2.75) is 30.3 Å². The van der Waals surface area contributed by atoms with E-state index in [0.717, 1.165) is 9.90 Å². The van der Waals surface area contributed by atoms with Gasteiger partial charge in [0.25, 0.3) is 0 Å². The molecule has 106 valence electrons. The fourth-order valence-corrected chi connectivity index (χ4v) is 3.34. The number of hydrogen-bond acceptors (Lipinski definition) is 5. The van der Waals surface area contributed by atoms with Crippen molar-refractivity contribution < 1.29 is 13.2 Å². The van der Waals surface area contributed by atoms with Crippen LogP contribution in [-0.4, -0.2) is 19.0 Å². The van der Waals surface area contributed by atoms with Gasteiger partial charge in [-0.2, -0.15) is 18.4 Å². The average Bonchev–Trinajstić information content (AvgIpc) is 2.63. The lowest BCUT2D eigenvalue weighted by Gasteiger charge is -2.07. The fourth-order valence-electron chi connectivity index (χ4n) is 1.48. The van der Waals surface area contributed by atoms with Crippen molar-refractivity contribution in [1.82, 2.24) is 0 Å². The maximum atomic E-state index is 12.0. The maximum Gasteiger partial charge on any atom is 0.389 e. The summed E-state index contributed by atoms with van der Waals surface area (Å²) in [5.74, 6) is 0. The Morgan fingerprint density at radius 1 is 1.42 bits per heavy atom. The third-order valence-electron chi connectivity index (χ3n) is 2.38. The van der Waals surface area contributed by atoms with E-state index in [2.05, 4.69) is 5.32 Å². The highest BCUT2D eigenvalue weighted by Gasteiger charge is 2.25. The number of halogens is 3. The number of unbranched alkanes of at least 4 members (excludes halogenated alkanes) is 1. The Morgan fingerprint density at radius 2 is 2.11 bits per heavy atom. The number of thiophene rings is 1. The van der Waals surface area contributed by atoms with Crippen LogP contribution in [0.2, 0.25) is 0 Å². The molecule has 0 unspecified atom stereocenters. The van der Waals surface area contributed by atoms with Gasteiger partial charge in [-0.1, -0.05) is 0 Å². The molecule has 1 heterocycles. The van der Waals surface area contributed by atoms with E-state index in [9.17, 15) is 13.2 Å². The first kappa shape index (κ1) is 16.0. The highest BCUT2D eigenvalue weighted by molar-refractivity contribution is 7.99. The van der Waals surface area contributed by atoms with Gasteiger partial charge in [-0.15, -0.1) is 23.1 Å². The number of alkyl halides is 3. The SMILES string of the molecule is CSc1c(NCCCCC(F)(F)F)sc(C#N)c1N. The second-order valence-corrected chi connectivity index (χ2v) is 5.66. The summed E-state index contributed by atoms with van der Waals surface area (Å²) in [6.07, 6.45) is -2.50. The van der Waals surface area contributed by atoms with Gasteiger partial charge in [-0.05, 0) is 19.1 Å².